The lowest BCUT2D eigenvalue weighted by molar-refractivity contribution is 0.254. The standard InChI is InChI=1S/C23H31N7O.HI/c1-18-19-7-3-4-8-20(19)31-21(18)17-28-22(24-2)25-11-6-12-29-13-15-30(16-14-29)23-26-9-5-10-27-23;/h3-5,7-10H,6,11-17H2,1-2H3,(H2,24,25,28);1H. The van der Waals surface area contributed by atoms with Gasteiger partial charge in [-0.05, 0) is 32.0 Å². The highest BCUT2D eigenvalue weighted by Gasteiger charge is 2.18. The minimum absolute atomic E-state index is 0. The molecule has 0 aliphatic carbocycles. The van der Waals surface area contributed by atoms with Crippen LogP contribution in [0.3, 0.4) is 0 Å². The molecule has 172 valence electrons. The van der Waals surface area contributed by atoms with Crippen molar-refractivity contribution in [3.8, 4) is 0 Å². The maximum absolute atomic E-state index is 5.97. The minimum atomic E-state index is 0. The highest BCUT2D eigenvalue weighted by atomic mass is 127. The Morgan fingerprint density at radius 2 is 1.81 bits per heavy atom. The van der Waals surface area contributed by atoms with E-state index in [2.05, 4.69) is 48.4 Å². The zero-order chi connectivity index (χ0) is 21.5. The normalized spacial score (nSPS) is 14.9. The van der Waals surface area contributed by atoms with Gasteiger partial charge in [0.25, 0.3) is 0 Å². The van der Waals surface area contributed by atoms with Crippen LogP contribution >= 0.6 is 24.0 Å². The van der Waals surface area contributed by atoms with Crippen molar-refractivity contribution in [1.29, 1.82) is 0 Å². The Morgan fingerprint density at radius 3 is 2.53 bits per heavy atom. The highest BCUT2D eigenvalue weighted by molar-refractivity contribution is 14.0. The van der Waals surface area contributed by atoms with E-state index >= 15 is 0 Å². The van der Waals surface area contributed by atoms with Crippen LogP contribution in [-0.4, -0.2) is 67.1 Å². The summed E-state index contributed by atoms with van der Waals surface area (Å²) in [6, 6.07) is 9.99. The van der Waals surface area contributed by atoms with Crippen molar-refractivity contribution in [1.82, 2.24) is 25.5 Å². The molecule has 2 aromatic heterocycles. The first-order valence-corrected chi connectivity index (χ1v) is 10.9. The van der Waals surface area contributed by atoms with Gasteiger partial charge < -0.3 is 20.0 Å². The van der Waals surface area contributed by atoms with Crippen LogP contribution in [0.5, 0.6) is 0 Å². The van der Waals surface area contributed by atoms with Crippen molar-refractivity contribution in [2.75, 3.05) is 51.2 Å². The van der Waals surface area contributed by atoms with Gasteiger partial charge in [-0.1, -0.05) is 18.2 Å². The van der Waals surface area contributed by atoms with Crippen LogP contribution < -0.4 is 15.5 Å². The number of anilines is 1. The summed E-state index contributed by atoms with van der Waals surface area (Å²) in [6.07, 6.45) is 4.67. The van der Waals surface area contributed by atoms with Gasteiger partial charge >= 0.3 is 0 Å². The van der Waals surface area contributed by atoms with Gasteiger partial charge in [0.1, 0.15) is 11.3 Å². The third kappa shape index (κ3) is 6.10. The molecular formula is C23H32IN7O. The van der Waals surface area contributed by atoms with E-state index < -0.39 is 0 Å². The van der Waals surface area contributed by atoms with Crippen LogP contribution in [0.25, 0.3) is 11.0 Å². The lowest BCUT2D eigenvalue weighted by Gasteiger charge is -2.34. The molecule has 32 heavy (non-hydrogen) atoms. The number of halogens is 1. The number of piperazine rings is 1. The van der Waals surface area contributed by atoms with E-state index in [9.17, 15) is 0 Å². The summed E-state index contributed by atoms with van der Waals surface area (Å²) in [6.45, 7) is 8.67. The summed E-state index contributed by atoms with van der Waals surface area (Å²) < 4.78 is 5.97. The maximum atomic E-state index is 5.97. The number of guanidine groups is 1. The van der Waals surface area contributed by atoms with Crippen LogP contribution in [0.2, 0.25) is 0 Å². The van der Waals surface area contributed by atoms with Gasteiger partial charge in [0.2, 0.25) is 5.95 Å². The number of aliphatic imine (C=N–C) groups is 1. The quantitative estimate of drug-likeness (QED) is 0.203. The van der Waals surface area contributed by atoms with Gasteiger partial charge in [0.15, 0.2) is 5.96 Å². The van der Waals surface area contributed by atoms with E-state index in [4.69, 9.17) is 4.42 Å². The molecule has 1 aliphatic heterocycles. The van der Waals surface area contributed by atoms with E-state index in [1.165, 1.54) is 10.9 Å². The number of para-hydroxylation sites is 1. The molecule has 8 nitrogen and oxygen atoms in total. The second-order valence-electron chi connectivity index (χ2n) is 7.73. The van der Waals surface area contributed by atoms with Crippen LogP contribution in [0.1, 0.15) is 17.7 Å². The Morgan fingerprint density at radius 1 is 1.06 bits per heavy atom. The molecule has 9 heteroatoms. The number of nitrogens with zero attached hydrogens (tertiary/aromatic N) is 5. The number of aromatic nitrogens is 2. The summed E-state index contributed by atoms with van der Waals surface area (Å²) in [7, 11) is 1.80. The molecule has 1 fully saturated rings. The first-order chi connectivity index (χ1) is 15.2. The van der Waals surface area contributed by atoms with Gasteiger partial charge in [-0.3, -0.25) is 9.89 Å². The summed E-state index contributed by atoms with van der Waals surface area (Å²) in [5.41, 5.74) is 2.11. The number of furan rings is 1. The Balaban J connectivity index is 0.00000289. The highest BCUT2D eigenvalue weighted by Crippen LogP contribution is 2.24. The first kappa shape index (κ1) is 24.2. The molecule has 0 radical (unpaired) electrons. The molecular weight excluding hydrogens is 517 g/mol. The Hall–Kier alpha value is -2.40. The molecule has 4 rings (SSSR count). The van der Waals surface area contributed by atoms with Crippen molar-refractivity contribution >= 4 is 46.9 Å². The van der Waals surface area contributed by atoms with Crippen molar-refractivity contribution in [3.63, 3.8) is 0 Å². The summed E-state index contributed by atoms with van der Waals surface area (Å²) in [5, 5.41) is 7.94. The third-order valence-corrected chi connectivity index (χ3v) is 5.73. The van der Waals surface area contributed by atoms with Crippen molar-refractivity contribution in [2.24, 2.45) is 4.99 Å². The number of hydrogen-bond acceptors (Lipinski definition) is 6. The molecule has 0 bridgehead atoms. The monoisotopic (exact) mass is 549 g/mol. The van der Waals surface area contributed by atoms with E-state index in [0.717, 1.165) is 68.9 Å². The number of hydrogen-bond donors (Lipinski definition) is 2. The van der Waals surface area contributed by atoms with Crippen LogP contribution in [0, 0.1) is 6.92 Å². The average molecular weight is 549 g/mol. The average Bonchev–Trinajstić information content (AvgIpc) is 3.15. The molecule has 2 N–H and O–H groups in total. The lowest BCUT2D eigenvalue weighted by atomic mass is 10.1. The van der Waals surface area contributed by atoms with Crippen LogP contribution in [0.4, 0.5) is 5.95 Å². The van der Waals surface area contributed by atoms with Gasteiger partial charge in [-0.15, -0.1) is 24.0 Å². The second kappa shape index (κ2) is 12.0. The van der Waals surface area contributed by atoms with Gasteiger partial charge in [0, 0.05) is 63.1 Å². The van der Waals surface area contributed by atoms with Crippen molar-refractivity contribution in [3.05, 3.63) is 54.0 Å². The molecule has 1 aliphatic rings. The van der Waals surface area contributed by atoms with Gasteiger partial charge in [-0.2, -0.15) is 0 Å². The number of benzene rings is 1. The summed E-state index contributed by atoms with van der Waals surface area (Å²) in [4.78, 5) is 17.8. The Labute approximate surface area is 206 Å². The van der Waals surface area contributed by atoms with Crippen molar-refractivity contribution < 1.29 is 4.42 Å². The maximum Gasteiger partial charge on any atom is 0.225 e. The Kier molecular flexibility index (Phi) is 9.10. The predicted octanol–water partition coefficient (Wildman–Crippen LogP) is 3.03. The fourth-order valence-corrected chi connectivity index (χ4v) is 3.91. The van der Waals surface area contributed by atoms with Crippen molar-refractivity contribution in [2.45, 2.75) is 19.9 Å². The minimum Gasteiger partial charge on any atom is -0.459 e. The number of fused-ring (bicyclic) bond motifs is 1. The molecule has 0 spiro atoms. The number of aryl methyl sites for hydroxylation is 1. The largest absolute Gasteiger partial charge is 0.459 e. The third-order valence-electron chi connectivity index (χ3n) is 5.73. The zero-order valence-corrected chi connectivity index (χ0v) is 21.1. The van der Waals surface area contributed by atoms with E-state index in [0.29, 0.717) is 6.54 Å². The van der Waals surface area contributed by atoms with Crippen LogP contribution in [0.15, 0.2) is 52.1 Å². The van der Waals surface area contributed by atoms with Gasteiger partial charge in [0.05, 0.1) is 6.54 Å². The smallest absolute Gasteiger partial charge is 0.225 e. The molecule has 3 heterocycles. The topological polar surface area (TPSA) is 81.8 Å². The molecule has 1 aromatic carbocycles. The summed E-state index contributed by atoms with van der Waals surface area (Å²) in [5.74, 6) is 2.58. The van der Waals surface area contributed by atoms with Crippen LogP contribution in [-0.2, 0) is 6.54 Å². The fraction of sp³-hybridized carbons (Fsp3) is 0.435. The van der Waals surface area contributed by atoms with E-state index in [1.54, 1.807) is 19.4 Å². The molecule has 0 atom stereocenters. The number of rotatable bonds is 7. The van der Waals surface area contributed by atoms with E-state index in [-0.39, 0.29) is 24.0 Å². The number of nitrogens with one attached hydrogen (secondary N) is 2. The van der Waals surface area contributed by atoms with Gasteiger partial charge in [-0.25, -0.2) is 9.97 Å². The molecule has 0 saturated carbocycles. The SMILES string of the molecule is CN=C(NCCCN1CCN(c2ncccn2)CC1)NCc1oc2ccccc2c1C.I. The predicted molar refractivity (Wildman–Crippen MR) is 140 cm³/mol. The molecule has 0 amide bonds. The fourth-order valence-electron chi connectivity index (χ4n) is 3.91. The second-order valence-corrected chi connectivity index (χ2v) is 7.73. The zero-order valence-electron chi connectivity index (χ0n) is 18.8. The molecule has 0 unspecified atom stereocenters. The summed E-state index contributed by atoms with van der Waals surface area (Å²) >= 11 is 0. The first-order valence-electron chi connectivity index (χ1n) is 10.9. The Bertz CT molecular complexity index is 1000. The molecule has 3 aromatic rings. The van der Waals surface area contributed by atoms with E-state index in [1.807, 2.05) is 24.3 Å². The molecule has 1 saturated heterocycles. The lowest BCUT2D eigenvalue weighted by Crippen LogP contribution is -2.47.